The molecule has 0 aliphatic carbocycles. The van der Waals surface area contributed by atoms with Crippen molar-refractivity contribution in [1.29, 1.82) is 0 Å². The molecule has 1 fully saturated rings. The zero-order valence-corrected chi connectivity index (χ0v) is 24.6. The van der Waals surface area contributed by atoms with Gasteiger partial charge in [0.1, 0.15) is 19.5 Å². The normalized spacial score (nSPS) is 15.2. The molecule has 1 aliphatic rings. The van der Waals surface area contributed by atoms with Crippen molar-refractivity contribution in [2.24, 2.45) is 5.92 Å². The minimum atomic E-state index is -4.08. The molecule has 2 aromatic heterocycles. The lowest BCUT2D eigenvalue weighted by atomic mass is 10.2. The molecule has 0 saturated carbocycles. The highest BCUT2D eigenvalue weighted by Gasteiger charge is 2.34. The van der Waals surface area contributed by atoms with Gasteiger partial charge in [-0.25, -0.2) is 17.7 Å². The molecule has 1 atom stereocenters. The molecule has 0 amide bonds. The molecule has 3 heterocycles. The van der Waals surface area contributed by atoms with E-state index in [0.29, 0.717) is 23.9 Å². The molecule has 12 heteroatoms. The number of aromatic nitrogens is 2. The number of hydrogen-bond donors (Lipinski definition) is 0. The van der Waals surface area contributed by atoms with E-state index in [4.69, 9.17) is 33.7 Å². The van der Waals surface area contributed by atoms with Gasteiger partial charge in [0.15, 0.2) is 23.1 Å². The van der Waals surface area contributed by atoms with Crippen LogP contribution in [0.15, 0.2) is 77.0 Å². The van der Waals surface area contributed by atoms with Crippen LogP contribution in [-0.4, -0.2) is 58.2 Å². The summed E-state index contributed by atoms with van der Waals surface area (Å²) in [6.45, 7) is 4.64. The van der Waals surface area contributed by atoms with Gasteiger partial charge in [-0.3, -0.25) is 0 Å². The zero-order valence-electron chi connectivity index (χ0n) is 22.9. The van der Waals surface area contributed by atoms with Gasteiger partial charge in [-0.1, -0.05) is 50.2 Å². The molecule has 216 valence electrons. The minimum Gasteiger partial charge on any atom is -0.493 e. The predicted octanol–water partition coefficient (Wildman–Crippen LogP) is 5.61. The number of ether oxygens (including phenoxy) is 5. The number of anilines is 1. The molecule has 4 aromatic rings. The van der Waals surface area contributed by atoms with Crippen molar-refractivity contribution in [2.45, 2.75) is 24.8 Å². The van der Waals surface area contributed by atoms with Gasteiger partial charge in [0.2, 0.25) is 5.75 Å². The van der Waals surface area contributed by atoms with Crippen LogP contribution in [0.25, 0.3) is 10.7 Å². The van der Waals surface area contributed by atoms with Gasteiger partial charge < -0.3 is 23.7 Å². The number of nitrogens with zero attached hydrogens (tertiary/aromatic N) is 3. The van der Waals surface area contributed by atoms with Crippen molar-refractivity contribution >= 4 is 27.2 Å². The third-order valence-electron chi connectivity index (χ3n) is 6.03. The van der Waals surface area contributed by atoms with Crippen LogP contribution in [-0.2, 0) is 19.5 Å². The largest absolute Gasteiger partial charge is 0.493 e. The highest BCUT2D eigenvalue weighted by Crippen LogP contribution is 2.44. The summed E-state index contributed by atoms with van der Waals surface area (Å²) >= 11 is 1.43. The van der Waals surface area contributed by atoms with E-state index in [1.165, 1.54) is 22.8 Å². The fourth-order valence-corrected chi connectivity index (χ4v) is 6.35. The highest BCUT2D eigenvalue weighted by atomic mass is 32.2. The maximum atomic E-state index is 14.2. The van der Waals surface area contributed by atoms with Gasteiger partial charge in [0.05, 0.1) is 23.5 Å². The van der Waals surface area contributed by atoms with Crippen LogP contribution in [0.3, 0.4) is 0 Å². The van der Waals surface area contributed by atoms with Crippen LogP contribution in [0.5, 0.6) is 23.1 Å². The first-order valence-corrected chi connectivity index (χ1v) is 15.4. The van der Waals surface area contributed by atoms with E-state index in [0.717, 1.165) is 4.88 Å². The van der Waals surface area contributed by atoms with E-state index < -0.39 is 10.0 Å². The minimum absolute atomic E-state index is 0.0360. The highest BCUT2D eigenvalue weighted by molar-refractivity contribution is 7.92. The number of methoxy groups -OCH3 is 1. The summed E-state index contributed by atoms with van der Waals surface area (Å²) in [5.74, 6) is 1.19. The fraction of sp³-hybridized carbons (Fsp3) is 0.310. The average Bonchev–Trinajstić information content (AvgIpc) is 3.71. The summed E-state index contributed by atoms with van der Waals surface area (Å²) in [6.07, 6.45) is -0.322. The number of para-hydroxylation sites is 2. The van der Waals surface area contributed by atoms with E-state index in [9.17, 15) is 8.42 Å². The summed E-state index contributed by atoms with van der Waals surface area (Å²) < 4.78 is 58.6. The summed E-state index contributed by atoms with van der Waals surface area (Å²) in [6, 6.07) is 19.0. The van der Waals surface area contributed by atoms with E-state index in [-0.39, 0.29) is 54.3 Å². The molecule has 1 unspecified atom stereocenters. The second kappa shape index (κ2) is 12.9. The first-order valence-electron chi connectivity index (χ1n) is 13.0. The lowest BCUT2D eigenvalue weighted by molar-refractivity contribution is 0.0311. The number of benzene rings is 2. The Hall–Kier alpha value is -3.71. The molecule has 1 aliphatic heterocycles. The molecule has 2 aromatic carbocycles. The standard InChI is InChI=1S/C29H31N3O7S2/c1-20(2)16-32(41(33,34)22-10-5-4-6-11-22)28-26(39-24-13-8-7-12-23(24)35-3)29(37-18-21-17-36-19-38-21)31-27(30-28)25-14-9-15-40-25/h4-15,20-21H,16-19H2,1-3H3. The second-order valence-electron chi connectivity index (χ2n) is 9.57. The van der Waals surface area contributed by atoms with Crippen molar-refractivity contribution in [2.75, 3.05) is 38.0 Å². The van der Waals surface area contributed by atoms with Gasteiger partial charge in [-0.2, -0.15) is 4.98 Å². The summed E-state index contributed by atoms with van der Waals surface area (Å²) in [5, 5.41) is 1.90. The fourth-order valence-electron chi connectivity index (χ4n) is 4.09. The smallest absolute Gasteiger partial charge is 0.265 e. The Morgan fingerprint density at radius 1 is 1.02 bits per heavy atom. The topological polar surface area (TPSA) is 109 Å². The Morgan fingerprint density at radius 3 is 2.44 bits per heavy atom. The van der Waals surface area contributed by atoms with Gasteiger partial charge >= 0.3 is 0 Å². The van der Waals surface area contributed by atoms with Crippen molar-refractivity contribution in [3.05, 3.63) is 72.1 Å². The molecule has 41 heavy (non-hydrogen) atoms. The van der Waals surface area contributed by atoms with E-state index >= 15 is 0 Å². The van der Waals surface area contributed by atoms with Gasteiger partial charge in [0.25, 0.3) is 15.9 Å². The van der Waals surface area contributed by atoms with Gasteiger partial charge in [0, 0.05) is 6.54 Å². The Morgan fingerprint density at radius 2 is 1.78 bits per heavy atom. The molecule has 5 rings (SSSR count). The number of rotatable bonds is 12. The van der Waals surface area contributed by atoms with E-state index in [1.54, 1.807) is 48.5 Å². The first kappa shape index (κ1) is 28.8. The maximum Gasteiger partial charge on any atom is 0.265 e. The van der Waals surface area contributed by atoms with Crippen molar-refractivity contribution < 1.29 is 32.1 Å². The monoisotopic (exact) mass is 597 g/mol. The van der Waals surface area contributed by atoms with Crippen molar-refractivity contribution in [3.8, 4) is 33.8 Å². The van der Waals surface area contributed by atoms with E-state index in [2.05, 4.69) is 0 Å². The second-order valence-corrected chi connectivity index (χ2v) is 12.4. The molecule has 10 nitrogen and oxygen atoms in total. The van der Waals surface area contributed by atoms with Gasteiger partial charge in [-0.15, -0.1) is 11.3 Å². The predicted molar refractivity (Wildman–Crippen MR) is 155 cm³/mol. The van der Waals surface area contributed by atoms with Crippen LogP contribution in [0.4, 0.5) is 5.82 Å². The first-order chi connectivity index (χ1) is 19.9. The number of thiophene rings is 1. The van der Waals surface area contributed by atoms with Crippen LogP contribution in [0.1, 0.15) is 13.8 Å². The van der Waals surface area contributed by atoms with Crippen LogP contribution in [0, 0.1) is 5.92 Å². The molecule has 0 N–H and O–H groups in total. The Labute approximate surface area is 243 Å². The molecular formula is C29H31N3O7S2. The van der Waals surface area contributed by atoms with Crippen molar-refractivity contribution in [1.82, 2.24) is 9.97 Å². The van der Waals surface area contributed by atoms with Crippen LogP contribution >= 0.6 is 11.3 Å². The number of sulfonamides is 1. The third kappa shape index (κ3) is 6.62. The molecular weight excluding hydrogens is 566 g/mol. The Kier molecular flexibility index (Phi) is 9.03. The maximum absolute atomic E-state index is 14.2. The Bertz CT molecular complexity index is 1540. The van der Waals surface area contributed by atoms with Crippen LogP contribution < -0.4 is 18.5 Å². The lowest BCUT2D eigenvalue weighted by Crippen LogP contribution is -2.35. The number of hydrogen-bond acceptors (Lipinski definition) is 10. The summed E-state index contributed by atoms with van der Waals surface area (Å²) in [7, 11) is -2.55. The average molecular weight is 598 g/mol. The van der Waals surface area contributed by atoms with Crippen molar-refractivity contribution in [3.63, 3.8) is 0 Å². The zero-order chi connectivity index (χ0) is 28.8. The lowest BCUT2D eigenvalue weighted by Gasteiger charge is -2.28. The van der Waals surface area contributed by atoms with E-state index in [1.807, 2.05) is 37.4 Å². The SMILES string of the molecule is COc1ccccc1Oc1c(OCC2COCO2)nc(-c2cccs2)nc1N(CC(C)C)S(=O)(=O)c1ccccc1. The molecule has 0 spiro atoms. The van der Waals surface area contributed by atoms with Gasteiger partial charge in [-0.05, 0) is 41.6 Å². The summed E-state index contributed by atoms with van der Waals surface area (Å²) in [5.41, 5.74) is 0. The van der Waals surface area contributed by atoms with Crippen LogP contribution in [0.2, 0.25) is 0 Å². The Balaban J connectivity index is 1.73. The quantitative estimate of drug-likeness (QED) is 0.206. The molecule has 1 saturated heterocycles. The molecule has 0 bridgehead atoms. The molecule has 0 radical (unpaired) electrons. The summed E-state index contributed by atoms with van der Waals surface area (Å²) in [4.78, 5) is 10.4. The third-order valence-corrected chi connectivity index (χ3v) is 8.67.